The number of allylic oxidation sites excluding steroid dienone is 2. The van der Waals surface area contributed by atoms with Crippen molar-refractivity contribution in [3.05, 3.63) is 69.8 Å². The summed E-state index contributed by atoms with van der Waals surface area (Å²) in [7, 11) is 0. The molecule has 0 spiro atoms. The summed E-state index contributed by atoms with van der Waals surface area (Å²) < 4.78 is 0. The van der Waals surface area contributed by atoms with E-state index in [1.807, 2.05) is 36.4 Å². The highest BCUT2D eigenvalue weighted by molar-refractivity contribution is 6.14. The lowest BCUT2D eigenvalue weighted by atomic mass is 9.86. The number of hydrogen-bond donors (Lipinski definition) is 2. The van der Waals surface area contributed by atoms with Crippen LogP contribution in [0.25, 0.3) is 12.2 Å². The number of nitrogens with zero attached hydrogens (tertiary/aromatic N) is 2. The van der Waals surface area contributed by atoms with E-state index in [0.717, 1.165) is 91.9 Å². The molecule has 1 saturated carbocycles. The number of carbonyl (C=O) groups excluding carboxylic acids is 1. The molecular weight excluding hydrogens is 460 g/mol. The summed E-state index contributed by atoms with van der Waals surface area (Å²) in [5.74, 6) is 0.773. The molecule has 2 saturated heterocycles. The van der Waals surface area contributed by atoms with Crippen LogP contribution in [0.1, 0.15) is 80.0 Å². The second kappa shape index (κ2) is 12.1. The lowest BCUT2D eigenvalue weighted by molar-refractivity contribution is -0.112. The van der Waals surface area contributed by atoms with Crippen LogP contribution in [0.15, 0.2) is 47.5 Å². The first-order chi connectivity index (χ1) is 18.0. The maximum Gasteiger partial charge on any atom is 0.185 e. The second-order valence-corrected chi connectivity index (χ2v) is 11.0. The molecule has 3 fully saturated rings. The van der Waals surface area contributed by atoms with Crippen molar-refractivity contribution >= 4 is 17.9 Å². The van der Waals surface area contributed by atoms with Crippen LogP contribution >= 0.6 is 0 Å². The molecule has 37 heavy (non-hydrogen) atoms. The number of rotatable bonds is 6. The van der Waals surface area contributed by atoms with Crippen molar-refractivity contribution in [3.8, 4) is 11.5 Å². The first-order valence-corrected chi connectivity index (χ1v) is 14.1. The summed E-state index contributed by atoms with van der Waals surface area (Å²) in [6.45, 7) is 5.82. The Bertz CT molecular complexity index is 1080. The fourth-order valence-corrected chi connectivity index (χ4v) is 5.94. The third kappa shape index (κ3) is 6.71. The average Bonchev–Trinajstić information content (AvgIpc) is 2.91. The number of likely N-dealkylation sites (tertiary alicyclic amines) is 2. The minimum atomic E-state index is 0.113. The number of piperidine rings is 2. The number of aromatic hydroxyl groups is 2. The highest BCUT2D eigenvalue weighted by Crippen LogP contribution is 2.31. The summed E-state index contributed by atoms with van der Waals surface area (Å²) in [5.41, 5.74) is 5.48. The SMILES string of the molecule is O=C1/C(=C\c2ccc(O)c(CN3CCCCC3)c2)CCC/C1=C\c1ccc(O)c(CN2CCCCC2)c1. The van der Waals surface area contributed by atoms with E-state index in [4.69, 9.17) is 0 Å². The van der Waals surface area contributed by atoms with Crippen LogP contribution in [0, 0.1) is 0 Å². The summed E-state index contributed by atoms with van der Waals surface area (Å²) in [4.78, 5) is 18.2. The third-order valence-corrected chi connectivity index (χ3v) is 8.05. The standard InChI is InChI=1S/C32H40N2O3/c35-30-12-10-24(20-28(30)22-33-14-3-1-4-15-33)18-26-8-7-9-27(32(26)37)19-25-11-13-31(36)29(21-25)23-34-16-5-2-6-17-34/h10-13,18-21,35-36H,1-9,14-17,22-23H2/b26-18-,27-19+. The molecule has 3 aliphatic rings. The first-order valence-electron chi connectivity index (χ1n) is 14.1. The Balaban J connectivity index is 1.32. The topological polar surface area (TPSA) is 64.0 Å². The van der Waals surface area contributed by atoms with Crippen LogP contribution in [0.5, 0.6) is 11.5 Å². The van der Waals surface area contributed by atoms with Crippen molar-refractivity contribution in [1.82, 2.24) is 9.80 Å². The van der Waals surface area contributed by atoms with Crippen LogP contribution in [-0.4, -0.2) is 52.0 Å². The monoisotopic (exact) mass is 500 g/mol. The largest absolute Gasteiger partial charge is 0.508 e. The number of Topliss-reactive ketones (excluding diaryl/α,β-unsaturated/α-hetero) is 1. The van der Waals surface area contributed by atoms with E-state index in [1.165, 1.54) is 38.5 Å². The number of carbonyl (C=O) groups is 1. The van der Waals surface area contributed by atoms with Crippen molar-refractivity contribution in [2.75, 3.05) is 26.2 Å². The Kier molecular flexibility index (Phi) is 8.42. The van der Waals surface area contributed by atoms with Gasteiger partial charge in [-0.25, -0.2) is 0 Å². The Morgan fingerprint density at radius 2 is 1.05 bits per heavy atom. The maximum absolute atomic E-state index is 13.4. The van der Waals surface area contributed by atoms with Gasteiger partial charge in [0.1, 0.15) is 11.5 Å². The predicted octanol–water partition coefficient (Wildman–Crippen LogP) is 6.29. The van der Waals surface area contributed by atoms with Gasteiger partial charge in [-0.1, -0.05) is 25.0 Å². The third-order valence-electron chi connectivity index (χ3n) is 8.05. The van der Waals surface area contributed by atoms with E-state index in [-0.39, 0.29) is 5.78 Å². The summed E-state index contributed by atoms with van der Waals surface area (Å²) in [6, 6.07) is 11.4. The smallest absolute Gasteiger partial charge is 0.185 e. The normalized spacial score (nSPS) is 22.1. The molecule has 1 aliphatic carbocycles. The minimum Gasteiger partial charge on any atom is -0.508 e. The number of phenols is 2. The van der Waals surface area contributed by atoms with E-state index in [0.29, 0.717) is 11.5 Å². The molecular formula is C32H40N2O3. The molecule has 0 unspecified atom stereocenters. The molecule has 2 heterocycles. The molecule has 0 amide bonds. The second-order valence-electron chi connectivity index (χ2n) is 11.0. The van der Waals surface area contributed by atoms with Gasteiger partial charge < -0.3 is 10.2 Å². The molecule has 0 radical (unpaired) electrons. The molecule has 2 aromatic carbocycles. The van der Waals surface area contributed by atoms with E-state index in [9.17, 15) is 15.0 Å². The van der Waals surface area contributed by atoms with Crippen molar-refractivity contribution in [1.29, 1.82) is 0 Å². The molecule has 0 aromatic heterocycles. The molecule has 5 rings (SSSR count). The quantitative estimate of drug-likeness (QED) is 0.457. The number of phenolic OH excluding ortho intramolecular Hbond substituents is 2. The Morgan fingerprint density at radius 1 is 0.622 bits per heavy atom. The van der Waals surface area contributed by atoms with Gasteiger partial charge in [0.05, 0.1) is 0 Å². The summed E-state index contributed by atoms with van der Waals surface area (Å²) in [5, 5.41) is 20.9. The van der Waals surface area contributed by atoms with E-state index < -0.39 is 0 Å². The highest BCUT2D eigenvalue weighted by Gasteiger charge is 2.21. The van der Waals surface area contributed by atoms with Gasteiger partial charge >= 0.3 is 0 Å². The minimum absolute atomic E-state index is 0.113. The number of hydrogen-bond acceptors (Lipinski definition) is 5. The van der Waals surface area contributed by atoms with Crippen LogP contribution in [0.2, 0.25) is 0 Å². The number of ketones is 1. The molecule has 2 N–H and O–H groups in total. The van der Waals surface area contributed by atoms with Crippen LogP contribution < -0.4 is 0 Å². The summed E-state index contributed by atoms with van der Waals surface area (Å²) >= 11 is 0. The highest BCUT2D eigenvalue weighted by atomic mass is 16.3. The predicted molar refractivity (Wildman–Crippen MR) is 149 cm³/mol. The van der Waals surface area contributed by atoms with E-state index >= 15 is 0 Å². The van der Waals surface area contributed by atoms with Gasteiger partial charge in [-0.15, -0.1) is 0 Å². The molecule has 5 nitrogen and oxygen atoms in total. The summed E-state index contributed by atoms with van der Waals surface area (Å²) in [6.07, 6.45) is 13.9. The average molecular weight is 501 g/mol. The molecule has 2 aliphatic heterocycles. The molecule has 0 atom stereocenters. The number of benzene rings is 2. The molecule has 196 valence electrons. The van der Waals surface area contributed by atoms with Gasteiger partial charge in [-0.3, -0.25) is 14.6 Å². The zero-order valence-corrected chi connectivity index (χ0v) is 21.9. The van der Waals surface area contributed by atoms with Crippen molar-refractivity contribution in [3.63, 3.8) is 0 Å². The fraction of sp³-hybridized carbons (Fsp3) is 0.469. The zero-order valence-electron chi connectivity index (χ0n) is 21.9. The Hall–Kier alpha value is -2.89. The van der Waals surface area contributed by atoms with Crippen LogP contribution in [0.3, 0.4) is 0 Å². The molecule has 5 heteroatoms. The Labute approximate surface area is 221 Å². The first kappa shape index (κ1) is 25.7. The van der Waals surface area contributed by atoms with Crippen molar-refractivity contribution < 1.29 is 15.0 Å². The van der Waals surface area contributed by atoms with Crippen LogP contribution in [0.4, 0.5) is 0 Å². The fourth-order valence-electron chi connectivity index (χ4n) is 5.94. The van der Waals surface area contributed by atoms with Gasteiger partial charge in [0, 0.05) is 35.4 Å². The lowest BCUT2D eigenvalue weighted by Crippen LogP contribution is -2.29. The molecule has 0 bridgehead atoms. The van der Waals surface area contributed by atoms with E-state index in [1.54, 1.807) is 12.1 Å². The lowest BCUT2D eigenvalue weighted by Gasteiger charge is -2.26. The maximum atomic E-state index is 13.4. The van der Waals surface area contributed by atoms with E-state index in [2.05, 4.69) is 9.80 Å². The molecule has 2 aromatic rings. The van der Waals surface area contributed by atoms with Gasteiger partial charge in [0.15, 0.2) is 5.78 Å². The van der Waals surface area contributed by atoms with Gasteiger partial charge in [-0.05, 0) is 119 Å². The van der Waals surface area contributed by atoms with Crippen molar-refractivity contribution in [2.45, 2.75) is 70.9 Å². The Morgan fingerprint density at radius 3 is 1.49 bits per heavy atom. The van der Waals surface area contributed by atoms with Crippen LogP contribution in [-0.2, 0) is 17.9 Å². The van der Waals surface area contributed by atoms with Crippen molar-refractivity contribution in [2.24, 2.45) is 0 Å². The van der Waals surface area contributed by atoms with Gasteiger partial charge in [0.25, 0.3) is 0 Å². The zero-order chi connectivity index (χ0) is 25.6. The van der Waals surface area contributed by atoms with Gasteiger partial charge in [-0.2, -0.15) is 0 Å². The van der Waals surface area contributed by atoms with Gasteiger partial charge in [0.2, 0.25) is 0 Å².